The Morgan fingerprint density at radius 1 is 1.36 bits per heavy atom. The predicted octanol–water partition coefficient (Wildman–Crippen LogP) is 2.02. The van der Waals surface area contributed by atoms with Gasteiger partial charge < -0.3 is 10.4 Å². The van der Waals surface area contributed by atoms with Gasteiger partial charge in [-0.2, -0.15) is 11.8 Å². The van der Waals surface area contributed by atoms with E-state index in [4.69, 9.17) is 5.11 Å². The molecule has 0 bridgehead atoms. The highest BCUT2D eigenvalue weighted by Crippen LogP contribution is 2.30. The summed E-state index contributed by atoms with van der Waals surface area (Å²) in [7, 11) is 2.06. The van der Waals surface area contributed by atoms with E-state index in [0.717, 1.165) is 0 Å². The van der Waals surface area contributed by atoms with E-state index in [1.54, 1.807) is 0 Å². The normalized spacial score (nSPS) is 31.1. The summed E-state index contributed by atoms with van der Waals surface area (Å²) in [5.41, 5.74) is 0. The Labute approximate surface area is 91.9 Å². The number of hydrogen-bond acceptors (Lipinski definition) is 3. The van der Waals surface area contributed by atoms with Gasteiger partial charge in [0.1, 0.15) is 0 Å². The smallest absolute Gasteiger partial charge is 0.0547 e. The molecule has 0 saturated heterocycles. The van der Waals surface area contributed by atoms with Crippen LogP contribution in [0.3, 0.4) is 0 Å². The molecule has 2 N–H and O–H groups in total. The lowest BCUT2D eigenvalue weighted by atomic mass is 10.1. The molecule has 1 rings (SSSR count). The van der Waals surface area contributed by atoms with Crippen LogP contribution in [0, 0.1) is 0 Å². The van der Waals surface area contributed by atoms with Crippen molar-refractivity contribution in [2.45, 2.75) is 55.6 Å². The monoisotopic (exact) mass is 217 g/mol. The van der Waals surface area contributed by atoms with Crippen molar-refractivity contribution in [3.8, 4) is 0 Å². The maximum atomic E-state index is 9.05. The summed E-state index contributed by atoms with van der Waals surface area (Å²) < 4.78 is 0. The van der Waals surface area contributed by atoms with Crippen molar-refractivity contribution in [3.63, 3.8) is 0 Å². The number of aliphatic hydroxyl groups is 1. The summed E-state index contributed by atoms with van der Waals surface area (Å²) >= 11 is 1.95. The van der Waals surface area contributed by atoms with Crippen molar-refractivity contribution in [1.29, 1.82) is 0 Å². The Balaban J connectivity index is 2.43. The van der Waals surface area contributed by atoms with Crippen molar-refractivity contribution in [2.24, 2.45) is 0 Å². The zero-order valence-electron chi connectivity index (χ0n) is 9.33. The van der Waals surface area contributed by atoms with Gasteiger partial charge in [-0.1, -0.05) is 26.2 Å². The second-order valence-corrected chi connectivity index (χ2v) is 5.88. The summed E-state index contributed by atoms with van der Waals surface area (Å²) in [6.07, 6.45) is 6.69. The van der Waals surface area contributed by atoms with Gasteiger partial charge in [-0.15, -0.1) is 0 Å². The first-order chi connectivity index (χ1) is 6.77. The van der Waals surface area contributed by atoms with E-state index in [9.17, 15) is 0 Å². The van der Waals surface area contributed by atoms with E-state index < -0.39 is 0 Å². The number of thioether (sulfide) groups is 1. The van der Waals surface area contributed by atoms with Crippen molar-refractivity contribution in [1.82, 2.24) is 5.32 Å². The Hall–Kier alpha value is 0.270. The van der Waals surface area contributed by atoms with Gasteiger partial charge in [-0.05, 0) is 19.9 Å². The molecule has 0 radical (unpaired) electrons. The molecule has 84 valence electrons. The standard InChI is InChI=1S/C11H23NOS/c1-9(8-13)14-11-7-5-3-4-6-10(11)12-2/h9-13H,3-8H2,1-2H3. The van der Waals surface area contributed by atoms with Crippen LogP contribution in [-0.4, -0.2) is 35.3 Å². The van der Waals surface area contributed by atoms with Crippen LogP contribution in [0.5, 0.6) is 0 Å². The molecule has 0 aromatic carbocycles. The van der Waals surface area contributed by atoms with Crippen LogP contribution in [0.15, 0.2) is 0 Å². The van der Waals surface area contributed by atoms with Gasteiger partial charge in [0.25, 0.3) is 0 Å². The first kappa shape index (κ1) is 12.3. The largest absolute Gasteiger partial charge is 0.395 e. The zero-order valence-corrected chi connectivity index (χ0v) is 10.1. The lowest BCUT2D eigenvalue weighted by molar-refractivity contribution is 0.299. The lowest BCUT2D eigenvalue weighted by Gasteiger charge is -2.26. The zero-order chi connectivity index (χ0) is 10.4. The summed E-state index contributed by atoms with van der Waals surface area (Å²) in [6.45, 7) is 2.42. The number of rotatable bonds is 4. The van der Waals surface area contributed by atoms with Crippen LogP contribution in [0.25, 0.3) is 0 Å². The first-order valence-corrected chi connectivity index (χ1v) is 6.65. The number of hydrogen-bond donors (Lipinski definition) is 2. The molecule has 0 aromatic rings. The average Bonchev–Trinajstić information content (AvgIpc) is 2.42. The van der Waals surface area contributed by atoms with Gasteiger partial charge in [-0.3, -0.25) is 0 Å². The molecule has 1 aliphatic carbocycles. The fourth-order valence-electron chi connectivity index (χ4n) is 2.11. The van der Waals surface area contributed by atoms with Gasteiger partial charge in [0.15, 0.2) is 0 Å². The van der Waals surface area contributed by atoms with Gasteiger partial charge in [0, 0.05) is 16.5 Å². The Morgan fingerprint density at radius 3 is 2.71 bits per heavy atom. The second-order valence-electron chi connectivity index (χ2n) is 4.20. The van der Waals surface area contributed by atoms with Crippen LogP contribution in [0.4, 0.5) is 0 Å². The molecular formula is C11H23NOS. The fraction of sp³-hybridized carbons (Fsp3) is 1.00. The third kappa shape index (κ3) is 3.79. The van der Waals surface area contributed by atoms with Crippen LogP contribution in [0.2, 0.25) is 0 Å². The van der Waals surface area contributed by atoms with E-state index >= 15 is 0 Å². The SMILES string of the molecule is CNC1CCCCCC1SC(C)CO. The van der Waals surface area contributed by atoms with Crippen LogP contribution in [-0.2, 0) is 0 Å². The van der Waals surface area contributed by atoms with E-state index in [0.29, 0.717) is 23.1 Å². The summed E-state index contributed by atoms with van der Waals surface area (Å²) in [5, 5.41) is 13.6. The molecular weight excluding hydrogens is 194 g/mol. The maximum Gasteiger partial charge on any atom is 0.0547 e. The van der Waals surface area contributed by atoms with Crippen molar-refractivity contribution in [2.75, 3.05) is 13.7 Å². The minimum absolute atomic E-state index is 0.303. The van der Waals surface area contributed by atoms with E-state index in [1.165, 1.54) is 32.1 Å². The topological polar surface area (TPSA) is 32.3 Å². The van der Waals surface area contributed by atoms with Gasteiger partial charge in [0.05, 0.1) is 6.61 Å². The molecule has 0 amide bonds. The van der Waals surface area contributed by atoms with Crippen molar-refractivity contribution < 1.29 is 5.11 Å². The molecule has 1 fully saturated rings. The molecule has 3 heteroatoms. The molecule has 0 aliphatic heterocycles. The minimum atomic E-state index is 0.303. The predicted molar refractivity (Wildman–Crippen MR) is 63.9 cm³/mol. The quantitative estimate of drug-likeness (QED) is 0.707. The number of nitrogens with one attached hydrogen (secondary N) is 1. The molecule has 3 atom stereocenters. The van der Waals surface area contributed by atoms with Gasteiger partial charge >= 0.3 is 0 Å². The maximum absolute atomic E-state index is 9.05. The highest BCUT2D eigenvalue weighted by molar-refractivity contribution is 8.00. The summed E-state index contributed by atoms with van der Waals surface area (Å²) in [5.74, 6) is 0. The average molecular weight is 217 g/mol. The molecule has 1 saturated carbocycles. The lowest BCUT2D eigenvalue weighted by Crippen LogP contribution is -2.36. The summed E-state index contributed by atoms with van der Waals surface area (Å²) in [4.78, 5) is 0. The molecule has 3 unspecified atom stereocenters. The van der Waals surface area contributed by atoms with Crippen molar-refractivity contribution >= 4 is 11.8 Å². The van der Waals surface area contributed by atoms with Gasteiger partial charge in [0.2, 0.25) is 0 Å². The van der Waals surface area contributed by atoms with Crippen molar-refractivity contribution in [3.05, 3.63) is 0 Å². The van der Waals surface area contributed by atoms with Crippen LogP contribution >= 0.6 is 11.8 Å². The fourth-order valence-corrected chi connectivity index (χ4v) is 3.56. The summed E-state index contributed by atoms with van der Waals surface area (Å²) in [6, 6.07) is 0.650. The Bertz CT molecular complexity index is 154. The molecule has 2 nitrogen and oxygen atoms in total. The third-order valence-corrected chi connectivity index (χ3v) is 4.52. The van der Waals surface area contributed by atoms with E-state index in [1.807, 2.05) is 11.8 Å². The Kier molecular flexibility index (Phi) is 5.90. The molecule has 0 aromatic heterocycles. The Morgan fingerprint density at radius 2 is 2.07 bits per heavy atom. The highest BCUT2D eigenvalue weighted by Gasteiger charge is 2.24. The minimum Gasteiger partial charge on any atom is -0.395 e. The van der Waals surface area contributed by atoms with Gasteiger partial charge in [-0.25, -0.2) is 0 Å². The van der Waals surface area contributed by atoms with E-state index in [2.05, 4.69) is 19.3 Å². The van der Waals surface area contributed by atoms with Crippen LogP contribution < -0.4 is 5.32 Å². The van der Waals surface area contributed by atoms with E-state index in [-0.39, 0.29) is 0 Å². The second kappa shape index (κ2) is 6.70. The first-order valence-electron chi connectivity index (χ1n) is 5.71. The number of aliphatic hydroxyl groups excluding tert-OH is 1. The van der Waals surface area contributed by atoms with Crippen LogP contribution in [0.1, 0.15) is 39.0 Å². The molecule has 0 spiro atoms. The molecule has 14 heavy (non-hydrogen) atoms. The highest BCUT2D eigenvalue weighted by atomic mass is 32.2. The third-order valence-electron chi connectivity index (χ3n) is 2.99. The molecule has 1 aliphatic rings. The molecule has 0 heterocycles.